The lowest BCUT2D eigenvalue weighted by molar-refractivity contribution is -0.137. The van der Waals surface area contributed by atoms with E-state index in [-0.39, 0.29) is 23.6 Å². The van der Waals surface area contributed by atoms with Gasteiger partial charge in [-0.2, -0.15) is 13.2 Å². The van der Waals surface area contributed by atoms with Crippen molar-refractivity contribution in [1.82, 2.24) is 4.90 Å². The fraction of sp³-hybridized carbons (Fsp3) is 0.409. The summed E-state index contributed by atoms with van der Waals surface area (Å²) in [6.07, 6.45) is -3.61. The first-order valence-corrected chi connectivity index (χ1v) is 9.71. The standard InChI is InChI=1S/C22H22F4N2O/c1-14-2-5-16(22(24,25)26)12-20(14)27-8-10-28(11-9-27)21(29)19-13-18(19)15-3-6-17(23)7-4-15/h2-7,12,18-19H,8-11,13H2,1H3. The van der Waals surface area contributed by atoms with Crippen LogP contribution >= 0.6 is 0 Å². The summed E-state index contributed by atoms with van der Waals surface area (Å²) in [5.74, 6) is -0.160. The zero-order chi connectivity index (χ0) is 20.8. The van der Waals surface area contributed by atoms with Gasteiger partial charge in [-0.05, 0) is 54.7 Å². The van der Waals surface area contributed by atoms with Crippen molar-refractivity contribution >= 4 is 11.6 Å². The van der Waals surface area contributed by atoms with Gasteiger partial charge < -0.3 is 9.80 Å². The number of rotatable bonds is 3. The lowest BCUT2D eigenvalue weighted by Gasteiger charge is -2.37. The van der Waals surface area contributed by atoms with Gasteiger partial charge in [-0.3, -0.25) is 4.79 Å². The van der Waals surface area contributed by atoms with Gasteiger partial charge in [-0.15, -0.1) is 0 Å². The number of piperazine rings is 1. The van der Waals surface area contributed by atoms with Gasteiger partial charge in [0, 0.05) is 37.8 Å². The zero-order valence-electron chi connectivity index (χ0n) is 16.0. The lowest BCUT2D eigenvalue weighted by atomic mass is 10.1. The molecule has 0 bridgehead atoms. The third-order valence-electron chi connectivity index (χ3n) is 5.87. The predicted molar refractivity (Wildman–Crippen MR) is 102 cm³/mol. The topological polar surface area (TPSA) is 23.6 Å². The summed E-state index contributed by atoms with van der Waals surface area (Å²) in [6.45, 7) is 3.77. The molecular weight excluding hydrogens is 384 g/mol. The molecule has 3 nitrogen and oxygen atoms in total. The Morgan fingerprint density at radius 1 is 1.00 bits per heavy atom. The van der Waals surface area contributed by atoms with E-state index in [1.54, 1.807) is 24.0 Å². The second-order valence-electron chi connectivity index (χ2n) is 7.81. The zero-order valence-corrected chi connectivity index (χ0v) is 16.0. The van der Waals surface area contributed by atoms with E-state index in [1.807, 2.05) is 4.90 Å². The summed E-state index contributed by atoms with van der Waals surface area (Å²) >= 11 is 0. The minimum atomic E-state index is -4.37. The van der Waals surface area contributed by atoms with Crippen LogP contribution in [0.5, 0.6) is 0 Å². The number of alkyl halides is 3. The average Bonchev–Trinajstić information content (AvgIpc) is 3.48. The normalized spacial score (nSPS) is 22.0. The quantitative estimate of drug-likeness (QED) is 0.696. The van der Waals surface area contributed by atoms with E-state index in [0.717, 1.165) is 23.6 Å². The molecule has 2 aromatic rings. The van der Waals surface area contributed by atoms with Crippen molar-refractivity contribution in [2.24, 2.45) is 5.92 Å². The molecule has 0 N–H and O–H groups in total. The van der Waals surface area contributed by atoms with E-state index in [9.17, 15) is 22.4 Å². The first-order valence-electron chi connectivity index (χ1n) is 9.71. The van der Waals surface area contributed by atoms with E-state index in [2.05, 4.69) is 0 Å². The third kappa shape index (κ3) is 4.09. The number of benzene rings is 2. The van der Waals surface area contributed by atoms with Crippen LogP contribution in [-0.2, 0) is 11.0 Å². The van der Waals surface area contributed by atoms with Crippen molar-refractivity contribution in [3.05, 3.63) is 65.0 Å². The van der Waals surface area contributed by atoms with Crippen LogP contribution < -0.4 is 4.90 Å². The minimum Gasteiger partial charge on any atom is -0.368 e. The van der Waals surface area contributed by atoms with Crippen LogP contribution in [0.4, 0.5) is 23.2 Å². The van der Waals surface area contributed by atoms with E-state index >= 15 is 0 Å². The maximum absolute atomic E-state index is 13.1. The molecule has 2 aliphatic rings. The fourth-order valence-electron chi connectivity index (χ4n) is 4.07. The van der Waals surface area contributed by atoms with Crippen LogP contribution in [0.2, 0.25) is 0 Å². The van der Waals surface area contributed by atoms with Crippen LogP contribution in [0.15, 0.2) is 42.5 Å². The lowest BCUT2D eigenvalue weighted by Crippen LogP contribution is -2.49. The van der Waals surface area contributed by atoms with Crippen molar-refractivity contribution in [1.29, 1.82) is 0 Å². The van der Waals surface area contributed by atoms with Crippen molar-refractivity contribution < 1.29 is 22.4 Å². The van der Waals surface area contributed by atoms with Gasteiger partial charge in [0.2, 0.25) is 5.91 Å². The maximum atomic E-state index is 13.1. The summed E-state index contributed by atoms with van der Waals surface area (Å²) in [5, 5.41) is 0. The number of amides is 1. The number of hydrogen-bond donors (Lipinski definition) is 0. The minimum absolute atomic E-state index is 0.0812. The van der Waals surface area contributed by atoms with Crippen LogP contribution in [0.3, 0.4) is 0 Å². The Hall–Kier alpha value is -2.57. The first kappa shape index (κ1) is 19.7. The van der Waals surface area contributed by atoms with Crippen LogP contribution in [0.25, 0.3) is 0 Å². The number of nitrogens with zero attached hydrogens (tertiary/aromatic N) is 2. The Bertz CT molecular complexity index is 902. The number of anilines is 1. The molecule has 1 aliphatic heterocycles. The van der Waals surface area contributed by atoms with E-state index in [4.69, 9.17) is 0 Å². The highest BCUT2D eigenvalue weighted by Crippen LogP contribution is 2.48. The first-order chi connectivity index (χ1) is 13.7. The highest BCUT2D eigenvalue weighted by atomic mass is 19.4. The van der Waals surface area contributed by atoms with Crippen molar-refractivity contribution in [3.8, 4) is 0 Å². The van der Waals surface area contributed by atoms with E-state index < -0.39 is 11.7 Å². The molecule has 0 spiro atoms. The average molecular weight is 406 g/mol. The summed E-state index contributed by atoms with van der Waals surface area (Å²) in [7, 11) is 0. The Kier molecular flexibility index (Phi) is 5.00. The molecule has 1 amide bonds. The number of carbonyl (C=O) groups excluding carboxylic acids is 1. The molecule has 154 valence electrons. The molecule has 2 fully saturated rings. The van der Waals surface area contributed by atoms with Gasteiger partial charge in [-0.1, -0.05) is 18.2 Å². The number of halogens is 4. The molecule has 1 aliphatic carbocycles. The van der Waals surface area contributed by atoms with Gasteiger partial charge in [-0.25, -0.2) is 4.39 Å². The molecule has 1 saturated carbocycles. The third-order valence-corrected chi connectivity index (χ3v) is 5.87. The Morgan fingerprint density at radius 3 is 2.28 bits per heavy atom. The van der Waals surface area contributed by atoms with Crippen LogP contribution in [0, 0.1) is 18.7 Å². The summed E-state index contributed by atoms with van der Waals surface area (Å²) in [6, 6.07) is 10.0. The molecule has 1 heterocycles. The number of aryl methyl sites for hydroxylation is 1. The molecule has 4 rings (SSSR count). The number of carbonyl (C=O) groups is 1. The van der Waals surface area contributed by atoms with Crippen LogP contribution in [-0.4, -0.2) is 37.0 Å². The molecule has 7 heteroatoms. The summed E-state index contributed by atoms with van der Waals surface area (Å²) < 4.78 is 52.2. The molecule has 2 atom stereocenters. The second-order valence-corrected chi connectivity index (χ2v) is 7.81. The van der Waals surface area contributed by atoms with Crippen molar-refractivity contribution in [2.45, 2.75) is 25.4 Å². The largest absolute Gasteiger partial charge is 0.416 e. The monoisotopic (exact) mass is 406 g/mol. The smallest absolute Gasteiger partial charge is 0.368 e. The van der Waals surface area contributed by atoms with Crippen molar-refractivity contribution in [3.63, 3.8) is 0 Å². The Balaban J connectivity index is 1.38. The Morgan fingerprint density at radius 2 is 1.66 bits per heavy atom. The highest BCUT2D eigenvalue weighted by Gasteiger charge is 2.46. The summed E-state index contributed by atoms with van der Waals surface area (Å²) in [5.41, 5.74) is 1.68. The van der Waals surface area contributed by atoms with Crippen molar-refractivity contribution in [2.75, 3.05) is 31.1 Å². The molecular formula is C22H22F4N2O. The maximum Gasteiger partial charge on any atom is 0.416 e. The molecule has 0 aromatic heterocycles. The molecule has 0 radical (unpaired) electrons. The fourth-order valence-corrected chi connectivity index (χ4v) is 4.07. The van der Waals surface area contributed by atoms with Gasteiger partial charge in [0.1, 0.15) is 5.82 Å². The molecule has 2 aromatic carbocycles. The van der Waals surface area contributed by atoms with Gasteiger partial charge in [0.15, 0.2) is 0 Å². The number of hydrogen-bond acceptors (Lipinski definition) is 2. The second kappa shape index (κ2) is 7.35. The van der Waals surface area contributed by atoms with Gasteiger partial charge in [0.05, 0.1) is 5.56 Å². The highest BCUT2D eigenvalue weighted by molar-refractivity contribution is 5.83. The Labute approximate surface area is 166 Å². The molecule has 2 unspecified atom stereocenters. The van der Waals surface area contributed by atoms with E-state index in [0.29, 0.717) is 31.9 Å². The predicted octanol–water partition coefficient (Wildman–Crippen LogP) is 4.61. The molecule has 1 saturated heterocycles. The van der Waals surface area contributed by atoms with Crippen LogP contribution in [0.1, 0.15) is 29.0 Å². The van der Waals surface area contributed by atoms with Gasteiger partial charge in [0.25, 0.3) is 0 Å². The van der Waals surface area contributed by atoms with E-state index in [1.165, 1.54) is 24.3 Å². The molecule has 29 heavy (non-hydrogen) atoms. The summed E-state index contributed by atoms with van der Waals surface area (Å²) in [4.78, 5) is 16.5. The van der Waals surface area contributed by atoms with Gasteiger partial charge >= 0.3 is 6.18 Å². The SMILES string of the molecule is Cc1ccc(C(F)(F)F)cc1N1CCN(C(=O)C2CC2c2ccc(F)cc2)CC1.